The van der Waals surface area contributed by atoms with E-state index in [1.165, 1.54) is 24.9 Å². The molecule has 0 fully saturated rings. The molecule has 0 aliphatic heterocycles. The first-order chi connectivity index (χ1) is 10.6. The Morgan fingerprint density at radius 1 is 1.04 bits per heavy atom. The molecule has 1 heterocycles. The highest BCUT2D eigenvalue weighted by Gasteiger charge is 2.16. The molecular weight excluding hydrogens is 294 g/mol. The minimum Gasteiger partial charge on any atom is -0.322 e. The normalized spacial score (nSPS) is 11.3. The lowest BCUT2D eigenvalue weighted by molar-refractivity contribution is 0.102. The number of nitrogens with one attached hydrogen (secondary N) is 1. The van der Waals surface area contributed by atoms with Gasteiger partial charge < -0.3 is 9.88 Å². The quantitative estimate of drug-likeness (QED) is 0.915. The lowest BCUT2D eigenvalue weighted by Gasteiger charge is -2.19. The molecule has 0 saturated heterocycles. The fourth-order valence-corrected chi connectivity index (χ4v) is 2.22. The van der Waals surface area contributed by atoms with E-state index in [0.29, 0.717) is 5.69 Å². The average molecular weight is 315 g/mol. The number of hydrogen-bond acceptors (Lipinski definition) is 3. The van der Waals surface area contributed by atoms with Gasteiger partial charge in [-0.1, -0.05) is 32.9 Å². The molecule has 0 unspecified atom stereocenters. The molecule has 0 aliphatic carbocycles. The van der Waals surface area contributed by atoms with Gasteiger partial charge in [0.05, 0.1) is 0 Å². The molecule has 0 aliphatic rings. The Hall–Kier alpha value is -2.63. The van der Waals surface area contributed by atoms with Crippen molar-refractivity contribution in [2.75, 3.05) is 5.32 Å². The van der Waals surface area contributed by atoms with Crippen molar-refractivity contribution in [3.05, 3.63) is 62.4 Å². The van der Waals surface area contributed by atoms with E-state index in [4.69, 9.17) is 0 Å². The van der Waals surface area contributed by atoms with Gasteiger partial charge in [-0.25, -0.2) is 4.79 Å². The molecule has 6 heteroatoms. The number of carbonyl (C=O) groups is 1. The monoisotopic (exact) mass is 315 g/mol. The van der Waals surface area contributed by atoms with Crippen molar-refractivity contribution < 1.29 is 4.79 Å². The van der Waals surface area contributed by atoms with Crippen LogP contribution >= 0.6 is 0 Å². The zero-order valence-electron chi connectivity index (χ0n) is 14.0. The molecule has 0 radical (unpaired) electrons. The number of aryl methyl sites for hydroxylation is 1. The summed E-state index contributed by atoms with van der Waals surface area (Å²) in [6, 6.07) is 7.47. The van der Waals surface area contributed by atoms with Crippen molar-refractivity contribution in [3.8, 4) is 0 Å². The Balaban J connectivity index is 2.30. The summed E-state index contributed by atoms with van der Waals surface area (Å²) in [6.45, 7) is 6.32. The SMILES string of the molecule is Cn1cc(C(=O)Nc2ccc(C(C)(C)C)cc2)c(=O)n(C)c1=O. The van der Waals surface area contributed by atoms with Crippen LogP contribution in [0.1, 0.15) is 36.7 Å². The van der Waals surface area contributed by atoms with Crippen LogP contribution in [-0.4, -0.2) is 15.0 Å². The van der Waals surface area contributed by atoms with Gasteiger partial charge in [0.25, 0.3) is 11.5 Å². The Bertz CT molecular complexity index is 853. The van der Waals surface area contributed by atoms with Crippen molar-refractivity contribution in [2.45, 2.75) is 26.2 Å². The number of amides is 1. The van der Waals surface area contributed by atoms with Gasteiger partial charge in [-0.3, -0.25) is 14.2 Å². The maximum absolute atomic E-state index is 12.3. The average Bonchev–Trinajstić information content (AvgIpc) is 2.48. The van der Waals surface area contributed by atoms with Gasteiger partial charge >= 0.3 is 5.69 Å². The molecule has 0 bridgehead atoms. The smallest absolute Gasteiger partial charge is 0.322 e. The summed E-state index contributed by atoms with van der Waals surface area (Å²) in [4.78, 5) is 36.0. The zero-order valence-corrected chi connectivity index (χ0v) is 14.0. The lowest BCUT2D eigenvalue weighted by Crippen LogP contribution is -2.40. The van der Waals surface area contributed by atoms with E-state index in [0.717, 1.165) is 10.1 Å². The van der Waals surface area contributed by atoms with Crippen molar-refractivity contribution >= 4 is 11.6 Å². The van der Waals surface area contributed by atoms with Crippen molar-refractivity contribution in [1.29, 1.82) is 0 Å². The van der Waals surface area contributed by atoms with Gasteiger partial charge in [0.15, 0.2) is 0 Å². The third kappa shape index (κ3) is 3.41. The largest absolute Gasteiger partial charge is 0.330 e. The second kappa shape index (κ2) is 5.87. The summed E-state index contributed by atoms with van der Waals surface area (Å²) in [5.41, 5.74) is 0.607. The van der Waals surface area contributed by atoms with Crippen LogP contribution < -0.4 is 16.6 Å². The molecule has 0 spiro atoms. The van der Waals surface area contributed by atoms with Gasteiger partial charge in [-0.2, -0.15) is 0 Å². The van der Waals surface area contributed by atoms with Crippen LogP contribution in [0.15, 0.2) is 40.1 Å². The Kier molecular flexibility index (Phi) is 4.27. The maximum Gasteiger partial charge on any atom is 0.330 e. The predicted molar refractivity (Wildman–Crippen MR) is 90.0 cm³/mol. The fraction of sp³-hybridized carbons (Fsp3) is 0.353. The Labute approximate surface area is 134 Å². The summed E-state index contributed by atoms with van der Waals surface area (Å²) < 4.78 is 2.12. The minimum absolute atomic E-state index is 0.0240. The molecule has 2 rings (SSSR count). The van der Waals surface area contributed by atoms with Crippen LogP contribution in [0.25, 0.3) is 0 Å². The van der Waals surface area contributed by atoms with Crippen molar-refractivity contribution in [2.24, 2.45) is 14.1 Å². The molecule has 23 heavy (non-hydrogen) atoms. The van der Waals surface area contributed by atoms with Gasteiger partial charge in [0.1, 0.15) is 5.56 Å². The molecule has 1 aromatic carbocycles. The highest BCUT2D eigenvalue weighted by molar-refractivity contribution is 6.03. The first-order valence-electron chi connectivity index (χ1n) is 7.30. The molecule has 6 nitrogen and oxygen atoms in total. The van der Waals surface area contributed by atoms with E-state index >= 15 is 0 Å². The standard InChI is InChI=1S/C17H21N3O3/c1-17(2,3)11-6-8-12(9-7-11)18-14(21)13-10-19(4)16(23)20(5)15(13)22/h6-10H,1-5H3,(H,18,21). The van der Waals surface area contributed by atoms with Crippen LogP contribution in [0.2, 0.25) is 0 Å². The fourth-order valence-electron chi connectivity index (χ4n) is 2.22. The van der Waals surface area contributed by atoms with Crippen LogP contribution in [0, 0.1) is 0 Å². The van der Waals surface area contributed by atoms with Crippen LogP contribution in [0.4, 0.5) is 5.69 Å². The topological polar surface area (TPSA) is 73.1 Å². The maximum atomic E-state index is 12.3. The van der Waals surface area contributed by atoms with E-state index in [1.807, 2.05) is 12.1 Å². The summed E-state index contributed by atoms with van der Waals surface area (Å²) in [6.07, 6.45) is 1.25. The van der Waals surface area contributed by atoms with E-state index in [9.17, 15) is 14.4 Å². The van der Waals surface area contributed by atoms with E-state index in [-0.39, 0.29) is 11.0 Å². The second-order valence-corrected chi connectivity index (χ2v) is 6.58. The van der Waals surface area contributed by atoms with E-state index in [1.54, 1.807) is 12.1 Å². The molecule has 0 atom stereocenters. The Morgan fingerprint density at radius 2 is 1.61 bits per heavy atom. The van der Waals surface area contributed by atoms with Crippen LogP contribution in [0.5, 0.6) is 0 Å². The zero-order chi connectivity index (χ0) is 17.4. The predicted octanol–water partition coefficient (Wildman–Crippen LogP) is 1.63. The van der Waals surface area contributed by atoms with Gasteiger partial charge in [-0.05, 0) is 23.1 Å². The summed E-state index contributed by atoms with van der Waals surface area (Å²) >= 11 is 0. The van der Waals surface area contributed by atoms with E-state index in [2.05, 4.69) is 26.1 Å². The summed E-state index contributed by atoms with van der Waals surface area (Å²) in [5.74, 6) is -0.537. The van der Waals surface area contributed by atoms with Crippen molar-refractivity contribution in [1.82, 2.24) is 9.13 Å². The number of carbonyl (C=O) groups excluding carboxylic acids is 1. The first kappa shape index (κ1) is 16.7. The van der Waals surface area contributed by atoms with Gasteiger partial charge in [0, 0.05) is 26.0 Å². The highest BCUT2D eigenvalue weighted by atomic mass is 16.2. The molecule has 122 valence electrons. The molecule has 0 saturated carbocycles. The number of nitrogens with zero attached hydrogens (tertiary/aromatic N) is 2. The molecule has 2 aromatic rings. The lowest BCUT2D eigenvalue weighted by atomic mass is 9.87. The summed E-state index contributed by atoms with van der Waals surface area (Å²) in [7, 11) is 2.84. The molecule has 1 N–H and O–H groups in total. The molecular formula is C17H21N3O3. The third-order valence-electron chi connectivity index (χ3n) is 3.70. The minimum atomic E-state index is -0.614. The number of hydrogen-bond donors (Lipinski definition) is 1. The van der Waals surface area contributed by atoms with Crippen LogP contribution in [-0.2, 0) is 19.5 Å². The number of anilines is 1. The number of benzene rings is 1. The molecule has 1 aromatic heterocycles. The Morgan fingerprint density at radius 3 is 2.13 bits per heavy atom. The third-order valence-corrected chi connectivity index (χ3v) is 3.70. The van der Waals surface area contributed by atoms with Crippen molar-refractivity contribution in [3.63, 3.8) is 0 Å². The first-order valence-corrected chi connectivity index (χ1v) is 7.30. The van der Waals surface area contributed by atoms with Gasteiger partial charge in [0.2, 0.25) is 0 Å². The second-order valence-electron chi connectivity index (χ2n) is 6.58. The van der Waals surface area contributed by atoms with Gasteiger partial charge in [-0.15, -0.1) is 0 Å². The number of rotatable bonds is 2. The summed E-state index contributed by atoms with van der Waals surface area (Å²) in [5, 5.41) is 2.68. The van der Waals surface area contributed by atoms with E-state index < -0.39 is 17.2 Å². The molecule has 1 amide bonds. The number of aromatic nitrogens is 2. The van der Waals surface area contributed by atoms with Crippen LogP contribution in [0.3, 0.4) is 0 Å². The highest BCUT2D eigenvalue weighted by Crippen LogP contribution is 2.23.